The number of halogens is 3. The van der Waals surface area contributed by atoms with Crippen LogP contribution in [0.1, 0.15) is 18.4 Å². The van der Waals surface area contributed by atoms with E-state index in [4.69, 9.17) is 18.9 Å². The Morgan fingerprint density at radius 2 is 2.07 bits per heavy atom. The molecule has 2 aliphatic rings. The summed E-state index contributed by atoms with van der Waals surface area (Å²) in [5.41, 5.74) is 0.552. The number of hydrogen-bond donors (Lipinski definition) is 0. The Labute approximate surface area is 167 Å². The molecule has 2 aliphatic heterocycles. The van der Waals surface area contributed by atoms with Crippen molar-refractivity contribution in [3.05, 3.63) is 72.0 Å². The van der Waals surface area contributed by atoms with Crippen LogP contribution in [0.2, 0.25) is 0 Å². The van der Waals surface area contributed by atoms with Gasteiger partial charge in [0.25, 0.3) is 0 Å². The zero-order valence-corrected chi connectivity index (χ0v) is 16.2. The summed E-state index contributed by atoms with van der Waals surface area (Å²) in [7, 11) is 1.24. The molecule has 0 saturated carbocycles. The summed E-state index contributed by atoms with van der Waals surface area (Å²) < 4.78 is 64.6. The summed E-state index contributed by atoms with van der Waals surface area (Å²) in [4.78, 5) is 0. The lowest BCUT2D eigenvalue weighted by molar-refractivity contribution is -0.0281. The van der Waals surface area contributed by atoms with Crippen molar-refractivity contribution >= 4 is 0 Å². The van der Waals surface area contributed by atoms with Crippen LogP contribution in [0.25, 0.3) is 0 Å². The van der Waals surface area contributed by atoms with Crippen LogP contribution in [0.5, 0.6) is 11.5 Å². The van der Waals surface area contributed by atoms with Crippen LogP contribution in [0, 0.1) is 17.6 Å². The molecule has 29 heavy (non-hydrogen) atoms. The summed E-state index contributed by atoms with van der Waals surface area (Å²) in [5.74, 6) is -4.36. The molecular weight excluding hydrogens is 385 g/mol. The molecule has 1 saturated heterocycles. The minimum atomic E-state index is -1.25. The van der Waals surface area contributed by atoms with E-state index in [-0.39, 0.29) is 42.0 Å². The van der Waals surface area contributed by atoms with Crippen LogP contribution in [-0.4, -0.2) is 26.4 Å². The molecule has 0 N–H and O–H groups in total. The fraction of sp³-hybridized carbons (Fsp3) is 0.364. The predicted octanol–water partition coefficient (Wildman–Crippen LogP) is 5.16. The maximum atomic E-state index is 14.6. The average Bonchev–Trinajstić information content (AvgIpc) is 2.74. The third-order valence-corrected chi connectivity index (χ3v) is 4.99. The van der Waals surface area contributed by atoms with Crippen LogP contribution in [-0.2, 0) is 15.9 Å². The number of hydrogen-bond acceptors (Lipinski definition) is 4. The molecule has 2 atom stereocenters. The quantitative estimate of drug-likeness (QED) is 0.482. The number of fused-ring (bicyclic) bond motifs is 1. The van der Waals surface area contributed by atoms with Gasteiger partial charge in [-0.3, -0.25) is 0 Å². The Morgan fingerprint density at radius 1 is 1.31 bits per heavy atom. The molecule has 4 nitrogen and oxygen atoms in total. The summed E-state index contributed by atoms with van der Waals surface area (Å²) >= 11 is 0. The van der Waals surface area contributed by atoms with Crippen molar-refractivity contribution in [2.45, 2.75) is 25.4 Å². The molecule has 1 aromatic carbocycles. The minimum Gasteiger partial charge on any atom is -0.494 e. The molecule has 1 aromatic rings. The van der Waals surface area contributed by atoms with Gasteiger partial charge in [-0.05, 0) is 24.5 Å². The van der Waals surface area contributed by atoms with E-state index in [0.717, 1.165) is 12.8 Å². The first-order valence-electron chi connectivity index (χ1n) is 9.22. The van der Waals surface area contributed by atoms with Gasteiger partial charge < -0.3 is 18.9 Å². The first-order valence-corrected chi connectivity index (χ1v) is 9.22. The summed E-state index contributed by atoms with van der Waals surface area (Å²) in [6.45, 7) is 11.5. The SMILES string of the molecule is C=CC1CCC(COc2cc3c(c(F)c2F)O/C(=C(\F)C(=C)OC)C(=C)C3)OC1. The molecular formula is C22H23F3O4. The Morgan fingerprint density at radius 3 is 2.69 bits per heavy atom. The standard InChI is InChI=1S/C22H23F3O4/c1-5-14-6-7-16(27-10-14)11-28-17-9-15-8-12(2)21(18(23)13(3)26-4)29-22(15)20(25)19(17)24/h5,9,14,16H,1-3,6-8,10-11H2,4H3/b21-18-. The second-order valence-corrected chi connectivity index (χ2v) is 6.98. The number of methoxy groups -OCH3 is 1. The maximum absolute atomic E-state index is 14.6. The van der Waals surface area contributed by atoms with Crippen molar-refractivity contribution in [1.82, 2.24) is 0 Å². The number of benzene rings is 1. The molecule has 0 amide bonds. The predicted molar refractivity (Wildman–Crippen MR) is 102 cm³/mol. The second-order valence-electron chi connectivity index (χ2n) is 6.98. The topological polar surface area (TPSA) is 36.9 Å². The number of ether oxygens (including phenoxy) is 4. The Bertz CT molecular complexity index is 867. The van der Waals surface area contributed by atoms with E-state index in [9.17, 15) is 13.2 Å². The normalized spacial score (nSPS) is 23.0. The number of rotatable bonds is 6. The second kappa shape index (κ2) is 8.78. The van der Waals surface area contributed by atoms with Gasteiger partial charge in [0.2, 0.25) is 17.5 Å². The highest BCUT2D eigenvalue weighted by Crippen LogP contribution is 2.41. The van der Waals surface area contributed by atoms with E-state index in [2.05, 4.69) is 19.7 Å². The average molecular weight is 408 g/mol. The van der Waals surface area contributed by atoms with Gasteiger partial charge in [-0.15, -0.1) is 6.58 Å². The lowest BCUT2D eigenvalue weighted by Gasteiger charge is -2.28. The molecule has 1 fully saturated rings. The zero-order chi connectivity index (χ0) is 21.1. The molecule has 2 heterocycles. The first kappa shape index (κ1) is 21.0. The fourth-order valence-electron chi connectivity index (χ4n) is 3.21. The highest BCUT2D eigenvalue weighted by atomic mass is 19.2. The van der Waals surface area contributed by atoms with Crippen LogP contribution < -0.4 is 9.47 Å². The largest absolute Gasteiger partial charge is 0.494 e. The lowest BCUT2D eigenvalue weighted by atomic mass is 9.98. The van der Waals surface area contributed by atoms with Crippen molar-refractivity contribution in [2.75, 3.05) is 20.3 Å². The van der Waals surface area contributed by atoms with E-state index in [1.165, 1.54) is 13.2 Å². The molecule has 0 bridgehead atoms. The summed E-state index contributed by atoms with van der Waals surface area (Å²) in [6.07, 6.45) is 3.33. The molecule has 156 valence electrons. The maximum Gasteiger partial charge on any atom is 0.207 e. The van der Waals surface area contributed by atoms with Crippen molar-refractivity contribution < 1.29 is 32.1 Å². The van der Waals surface area contributed by atoms with Gasteiger partial charge >= 0.3 is 0 Å². The van der Waals surface area contributed by atoms with Gasteiger partial charge in [0.1, 0.15) is 6.61 Å². The summed E-state index contributed by atoms with van der Waals surface area (Å²) in [5, 5.41) is 0. The smallest absolute Gasteiger partial charge is 0.207 e. The van der Waals surface area contributed by atoms with Gasteiger partial charge in [-0.2, -0.15) is 13.2 Å². The Hall–Kier alpha value is -2.67. The van der Waals surface area contributed by atoms with E-state index in [0.29, 0.717) is 18.1 Å². The highest BCUT2D eigenvalue weighted by molar-refractivity contribution is 5.52. The van der Waals surface area contributed by atoms with Gasteiger partial charge in [-0.1, -0.05) is 19.2 Å². The monoisotopic (exact) mass is 408 g/mol. The third-order valence-electron chi connectivity index (χ3n) is 4.99. The van der Waals surface area contributed by atoms with Gasteiger partial charge in [0.05, 0.1) is 19.8 Å². The molecule has 2 unspecified atom stereocenters. The molecule has 0 aliphatic carbocycles. The van der Waals surface area contributed by atoms with Crippen LogP contribution in [0.3, 0.4) is 0 Å². The van der Waals surface area contributed by atoms with E-state index in [1.54, 1.807) is 0 Å². The molecule has 7 heteroatoms. The first-order chi connectivity index (χ1) is 13.8. The molecule has 3 rings (SSSR count). The zero-order valence-electron chi connectivity index (χ0n) is 16.2. The molecule has 0 radical (unpaired) electrons. The molecule has 0 aromatic heterocycles. The van der Waals surface area contributed by atoms with Crippen LogP contribution in [0.4, 0.5) is 13.2 Å². The van der Waals surface area contributed by atoms with E-state index < -0.39 is 23.2 Å². The summed E-state index contributed by atoms with van der Waals surface area (Å²) in [6, 6.07) is 1.34. The van der Waals surface area contributed by atoms with Crippen molar-refractivity contribution in [1.29, 1.82) is 0 Å². The molecule has 0 spiro atoms. The lowest BCUT2D eigenvalue weighted by Crippen LogP contribution is -2.30. The van der Waals surface area contributed by atoms with Gasteiger partial charge in [-0.25, -0.2) is 0 Å². The fourth-order valence-corrected chi connectivity index (χ4v) is 3.21. The third kappa shape index (κ3) is 4.34. The Balaban J connectivity index is 1.78. The number of allylic oxidation sites excluding steroid dienone is 2. The van der Waals surface area contributed by atoms with Crippen molar-refractivity contribution in [3.8, 4) is 11.5 Å². The van der Waals surface area contributed by atoms with E-state index >= 15 is 0 Å². The van der Waals surface area contributed by atoms with Crippen molar-refractivity contribution in [3.63, 3.8) is 0 Å². The van der Waals surface area contributed by atoms with Crippen LogP contribution in [0.15, 0.2) is 54.8 Å². The minimum absolute atomic E-state index is 0.0591. The van der Waals surface area contributed by atoms with Crippen LogP contribution >= 0.6 is 0 Å². The van der Waals surface area contributed by atoms with E-state index in [1.807, 2.05) is 6.08 Å². The Kier molecular flexibility index (Phi) is 6.37. The van der Waals surface area contributed by atoms with Gasteiger partial charge in [0, 0.05) is 17.9 Å². The van der Waals surface area contributed by atoms with Gasteiger partial charge in [0.15, 0.2) is 23.0 Å². The highest BCUT2D eigenvalue weighted by Gasteiger charge is 2.30. The van der Waals surface area contributed by atoms with Crippen molar-refractivity contribution in [2.24, 2.45) is 5.92 Å².